The zero-order chi connectivity index (χ0) is 9.68. The van der Waals surface area contributed by atoms with Gasteiger partial charge in [-0.1, -0.05) is 13.0 Å². The maximum absolute atomic E-state index is 4.15. The van der Waals surface area contributed by atoms with E-state index in [1.165, 1.54) is 17.5 Å². The Bertz CT molecular complexity index is 258. The van der Waals surface area contributed by atoms with E-state index in [0.717, 1.165) is 6.54 Å². The lowest BCUT2D eigenvalue weighted by Gasteiger charge is -2.10. The molecular formula is C11H18N2. The zero-order valence-corrected chi connectivity index (χ0v) is 8.67. The van der Waals surface area contributed by atoms with Crippen LogP contribution in [-0.4, -0.2) is 11.0 Å². The highest BCUT2D eigenvalue weighted by Gasteiger charge is 1.98. The van der Waals surface area contributed by atoms with Crippen molar-refractivity contribution in [3.05, 3.63) is 29.6 Å². The Labute approximate surface area is 80.4 Å². The van der Waals surface area contributed by atoms with Crippen molar-refractivity contribution < 1.29 is 0 Å². The molecule has 1 N–H and O–H groups in total. The molecule has 0 aliphatic heterocycles. The van der Waals surface area contributed by atoms with Crippen molar-refractivity contribution in [3.63, 3.8) is 0 Å². The van der Waals surface area contributed by atoms with Gasteiger partial charge in [-0.3, -0.25) is 4.98 Å². The van der Waals surface area contributed by atoms with Crippen LogP contribution < -0.4 is 5.32 Å². The van der Waals surface area contributed by atoms with E-state index in [1.807, 2.05) is 12.4 Å². The van der Waals surface area contributed by atoms with Crippen molar-refractivity contribution in [1.82, 2.24) is 10.3 Å². The Hall–Kier alpha value is -0.890. The summed E-state index contributed by atoms with van der Waals surface area (Å²) in [6.07, 6.45) is 4.97. The second-order valence-electron chi connectivity index (χ2n) is 3.56. The Morgan fingerprint density at radius 2 is 2.23 bits per heavy atom. The molecule has 1 aromatic rings. The highest BCUT2D eigenvalue weighted by molar-refractivity contribution is 5.16. The Balaban J connectivity index is 2.45. The van der Waals surface area contributed by atoms with Gasteiger partial charge in [0.05, 0.1) is 0 Å². The van der Waals surface area contributed by atoms with Crippen LogP contribution in [0.4, 0.5) is 0 Å². The molecule has 0 aliphatic rings. The van der Waals surface area contributed by atoms with Crippen LogP contribution >= 0.6 is 0 Å². The molecule has 1 rings (SSSR count). The summed E-state index contributed by atoms with van der Waals surface area (Å²) < 4.78 is 0. The molecular weight excluding hydrogens is 160 g/mol. The first-order chi connectivity index (χ1) is 6.22. The monoisotopic (exact) mass is 178 g/mol. The number of hydrogen-bond acceptors (Lipinski definition) is 2. The van der Waals surface area contributed by atoms with Gasteiger partial charge < -0.3 is 5.32 Å². The van der Waals surface area contributed by atoms with E-state index in [1.54, 1.807) is 0 Å². The van der Waals surface area contributed by atoms with Gasteiger partial charge in [-0.05, 0) is 31.4 Å². The SMILES string of the molecule is CCC(C)NCc1cncc(C)c1. The maximum atomic E-state index is 4.15. The topological polar surface area (TPSA) is 24.9 Å². The van der Waals surface area contributed by atoms with Gasteiger partial charge in [0.15, 0.2) is 0 Å². The predicted octanol–water partition coefficient (Wildman–Crippen LogP) is 2.28. The van der Waals surface area contributed by atoms with Crippen LogP contribution in [0.3, 0.4) is 0 Å². The number of aryl methyl sites for hydroxylation is 1. The summed E-state index contributed by atoms with van der Waals surface area (Å²) in [6.45, 7) is 7.37. The molecule has 2 heteroatoms. The van der Waals surface area contributed by atoms with Crippen molar-refractivity contribution in [2.24, 2.45) is 0 Å². The number of aromatic nitrogens is 1. The van der Waals surface area contributed by atoms with E-state index in [9.17, 15) is 0 Å². The molecule has 13 heavy (non-hydrogen) atoms. The Morgan fingerprint density at radius 1 is 1.46 bits per heavy atom. The standard InChI is InChI=1S/C11H18N2/c1-4-10(3)13-8-11-5-9(2)6-12-7-11/h5-7,10,13H,4,8H2,1-3H3. The van der Waals surface area contributed by atoms with E-state index in [2.05, 4.69) is 37.1 Å². The minimum atomic E-state index is 0.584. The van der Waals surface area contributed by atoms with Crippen LogP contribution in [-0.2, 0) is 6.54 Å². The van der Waals surface area contributed by atoms with Crippen LogP contribution in [0.15, 0.2) is 18.5 Å². The molecule has 0 aliphatic carbocycles. The highest BCUT2D eigenvalue weighted by Crippen LogP contribution is 2.01. The maximum Gasteiger partial charge on any atom is 0.0313 e. The lowest BCUT2D eigenvalue weighted by Crippen LogP contribution is -2.24. The molecule has 0 spiro atoms. The quantitative estimate of drug-likeness (QED) is 0.765. The van der Waals surface area contributed by atoms with Crippen molar-refractivity contribution in [2.75, 3.05) is 0 Å². The summed E-state index contributed by atoms with van der Waals surface area (Å²) in [4.78, 5) is 4.15. The molecule has 0 radical (unpaired) electrons. The van der Waals surface area contributed by atoms with Gasteiger partial charge in [0.2, 0.25) is 0 Å². The number of nitrogens with one attached hydrogen (secondary N) is 1. The van der Waals surface area contributed by atoms with E-state index in [0.29, 0.717) is 6.04 Å². The highest BCUT2D eigenvalue weighted by atomic mass is 14.9. The predicted molar refractivity (Wildman–Crippen MR) is 55.6 cm³/mol. The second-order valence-corrected chi connectivity index (χ2v) is 3.56. The number of pyridine rings is 1. The molecule has 0 saturated carbocycles. The van der Waals surface area contributed by atoms with E-state index in [-0.39, 0.29) is 0 Å². The summed E-state index contributed by atoms with van der Waals surface area (Å²) >= 11 is 0. The van der Waals surface area contributed by atoms with Gasteiger partial charge in [0, 0.05) is 25.0 Å². The molecule has 2 nitrogen and oxygen atoms in total. The van der Waals surface area contributed by atoms with Gasteiger partial charge in [-0.15, -0.1) is 0 Å². The molecule has 1 atom stereocenters. The number of hydrogen-bond donors (Lipinski definition) is 1. The zero-order valence-electron chi connectivity index (χ0n) is 8.67. The molecule has 1 heterocycles. The third-order valence-electron chi connectivity index (χ3n) is 2.20. The van der Waals surface area contributed by atoms with Crippen molar-refractivity contribution in [1.29, 1.82) is 0 Å². The fraction of sp³-hybridized carbons (Fsp3) is 0.545. The molecule has 0 amide bonds. The molecule has 0 aromatic carbocycles. The summed E-state index contributed by atoms with van der Waals surface area (Å²) in [6, 6.07) is 2.75. The fourth-order valence-electron chi connectivity index (χ4n) is 1.15. The van der Waals surface area contributed by atoms with Crippen LogP contribution in [0.1, 0.15) is 31.4 Å². The van der Waals surface area contributed by atoms with Gasteiger partial charge >= 0.3 is 0 Å². The Morgan fingerprint density at radius 3 is 2.85 bits per heavy atom. The van der Waals surface area contributed by atoms with E-state index in [4.69, 9.17) is 0 Å². The van der Waals surface area contributed by atoms with Gasteiger partial charge in [-0.2, -0.15) is 0 Å². The third kappa shape index (κ3) is 3.55. The van der Waals surface area contributed by atoms with Gasteiger partial charge in [-0.25, -0.2) is 0 Å². The van der Waals surface area contributed by atoms with E-state index < -0.39 is 0 Å². The fourth-order valence-corrected chi connectivity index (χ4v) is 1.15. The van der Waals surface area contributed by atoms with Crippen molar-refractivity contribution in [2.45, 2.75) is 39.8 Å². The van der Waals surface area contributed by atoms with E-state index >= 15 is 0 Å². The van der Waals surface area contributed by atoms with Crippen molar-refractivity contribution >= 4 is 0 Å². The average molecular weight is 178 g/mol. The van der Waals surface area contributed by atoms with Crippen LogP contribution in [0.25, 0.3) is 0 Å². The van der Waals surface area contributed by atoms with Gasteiger partial charge in [0.1, 0.15) is 0 Å². The smallest absolute Gasteiger partial charge is 0.0313 e. The minimum absolute atomic E-state index is 0.584. The van der Waals surface area contributed by atoms with Crippen LogP contribution in [0.5, 0.6) is 0 Å². The minimum Gasteiger partial charge on any atom is -0.310 e. The Kier molecular flexibility index (Phi) is 3.90. The lowest BCUT2D eigenvalue weighted by molar-refractivity contribution is 0.533. The summed E-state index contributed by atoms with van der Waals surface area (Å²) in [7, 11) is 0. The first kappa shape index (κ1) is 10.2. The van der Waals surface area contributed by atoms with Crippen molar-refractivity contribution in [3.8, 4) is 0 Å². The van der Waals surface area contributed by atoms with Gasteiger partial charge in [0.25, 0.3) is 0 Å². The number of rotatable bonds is 4. The van der Waals surface area contributed by atoms with Crippen LogP contribution in [0.2, 0.25) is 0 Å². The number of nitrogens with zero attached hydrogens (tertiary/aromatic N) is 1. The first-order valence-corrected chi connectivity index (χ1v) is 4.86. The molecule has 0 fully saturated rings. The first-order valence-electron chi connectivity index (χ1n) is 4.86. The molecule has 72 valence electrons. The summed E-state index contributed by atoms with van der Waals surface area (Å²) in [5, 5.41) is 3.44. The average Bonchev–Trinajstić information content (AvgIpc) is 2.14. The molecule has 1 aromatic heterocycles. The summed E-state index contributed by atoms with van der Waals surface area (Å²) in [5.41, 5.74) is 2.49. The normalized spacial score (nSPS) is 12.8. The lowest BCUT2D eigenvalue weighted by atomic mass is 10.2. The van der Waals surface area contributed by atoms with Crippen LogP contribution in [0, 0.1) is 6.92 Å². The second kappa shape index (κ2) is 4.97. The summed E-state index contributed by atoms with van der Waals surface area (Å²) in [5.74, 6) is 0. The molecule has 0 saturated heterocycles. The third-order valence-corrected chi connectivity index (χ3v) is 2.20. The molecule has 1 unspecified atom stereocenters. The molecule has 0 bridgehead atoms. The largest absolute Gasteiger partial charge is 0.310 e.